The Morgan fingerprint density at radius 1 is 1.20 bits per heavy atom. The van der Waals surface area contributed by atoms with Gasteiger partial charge in [0.25, 0.3) is 0 Å². The smallest absolute Gasteiger partial charge is 0.381 e. The summed E-state index contributed by atoms with van der Waals surface area (Å²) in [5, 5.41) is 5.98. The molecule has 1 saturated carbocycles. The molecule has 3 nitrogen and oxygen atoms in total. The summed E-state index contributed by atoms with van der Waals surface area (Å²) in [5.74, 6) is 0.798. The minimum Gasteiger partial charge on any atom is -0.381 e. The van der Waals surface area contributed by atoms with Gasteiger partial charge in [0.05, 0.1) is 11.3 Å². The Bertz CT molecular complexity index is 666. The maximum absolute atomic E-state index is 12.6. The van der Waals surface area contributed by atoms with Crippen LogP contribution in [-0.4, -0.2) is 24.7 Å². The maximum atomic E-state index is 12.6. The number of benzene rings is 1. The molecule has 3 rings (SSSR count). The van der Waals surface area contributed by atoms with E-state index >= 15 is 0 Å². The standard InChI is InChI=1S/C18H21F3N2OS/c19-18(20,21)15-6-4-14(5-7-15)17-23-16(12-25-17)10-22-8-1-9-24-11-13-2-3-13/h4-7,12-13,22H,1-3,8-11H2. The van der Waals surface area contributed by atoms with E-state index in [4.69, 9.17) is 4.74 Å². The molecule has 0 atom stereocenters. The third-order valence-electron chi connectivity index (χ3n) is 4.01. The molecule has 1 aliphatic carbocycles. The molecule has 0 radical (unpaired) electrons. The average Bonchev–Trinajstić information content (AvgIpc) is 3.29. The first-order valence-corrected chi connectivity index (χ1v) is 9.31. The Morgan fingerprint density at radius 3 is 2.64 bits per heavy atom. The number of hydrogen-bond acceptors (Lipinski definition) is 4. The zero-order valence-electron chi connectivity index (χ0n) is 13.8. The molecule has 0 spiro atoms. The molecule has 0 unspecified atom stereocenters. The van der Waals surface area contributed by atoms with Gasteiger partial charge in [-0.2, -0.15) is 13.2 Å². The van der Waals surface area contributed by atoms with E-state index in [1.165, 1.54) is 36.3 Å². The molecular weight excluding hydrogens is 349 g/mol. The van der Waals surface area contributed by atoms with E-state index in [0.29, 0.717) is 12.1 Å². The minimum absolute atomic E-state index is 0.640. The summed E-state index contributed by atoms with van der Waals surface area (Å²) >= 11 is 1.44. The molecule has 0 aliphatic heterocycles. The monoisotopic (exact) mass is 370 g/mol. The number of halogens is 3. The number of nitrogens with zero attached hydrogens (tertiary/aromatic N) is 1. The predicted octanol–water partition coefficient (Wildman–Crippen LogP) is 4.74. The number of alkyl halides is 3. The molecule has 1 aliphatic rings. The van der Waals surface area contributed by atoms with Crippen LogP contribution in [0, 0.1) is 5.92 Å². The normalized spacial score (nSPS) is 14.8. The molecule has 0 bridgehead atoms. The molecule has 0 amide bonds. The average molecular weight is 370 g/mol. The Hall–Kier alpha value is -1.44. The first-order chi connectivity index (χ1) is 12.0. The van der Waals surface area contributed by atoms with Crippen molar-refractivity contribution in [2.75, 3.05) is 19.8 Å². The van der Waals surface area contributed by atoms with Gasteiger partial charge >= 0.3 is 6.18 Å². The first kappa shape index (κ1) is 18.4. The summed E-state index contributed by atoms with van der Waals surface area (Å²) in [5.41, 5.74) is 0.968. The highest BCUT2D eigenvalue weighted by molar-refractivity contribution is 7.13. The van der Waals surface area contributed by atoms with Crippen LogP contribution in [0.25, 0.3) is 10.6 Å². The summed E-state index contributed by atoms with van der Waals surface area (Å²) < 4.78 is 43.3. The summed E-state index contributed by atoms with van der Waals surface area (Å²) in [6.45, 7) is 3.18. The Morgan fingerprint density at radius 2 is 1.96 bits per heavy atom. The van der Waals surface area contributed by atoms with Crippen LogP contribution in [0.4, 0.5) is 13.2 Å². The largest absolute Gasteiger partial charge is 0.416 e. The van der Waals surface area contributed by atoms with Crippen molar-refractivity contribution in [1.29, 1.82) is 0 Å². The van der Waals surface area contributed by atoms with E-state index < -0.39 is 11.7 Å². The van der Waals surface area contributed by atoms with Gasteiger partial charge < -0.3 is 10.1 Å². The lowest BCUT2D eigenvalue weighted by Gasteiger charge is -2.06. The number of rotatable bonds is 9. The molecule has 0 saturated heterocycles. The van der Waals surface area contributed by atoms with E-state index in [2.05, 4.69) is 10.3 Å². The summed E-state index contributed by atoms with van der Waals surface area (Å²) in [6.07, 6.45) is -0.728. The lowest BCUT2D eigenvalue weighted by Crippen LogP contribution is -2.16. The van der Waals surface area contributed by atoms with Gasteiger partial charge in [-0.25, -0.2) is 4.98 Å². The Kier molecular flexibility index (Phi) is 6.09. The fourth-order valence-electron chi connectivity index (χ4n) is 2.37. The van der Waals surface area contributed by atoms with Crippen molar-refractivity contribution in [2.24, 2.45) is 5.92 Å². The van der Waals surface area contributed by atoms with E-state index in [1.807, 2.05) is 5.38 Å². The summed E-state index contributed by atoms with van der Waals surface area (Å²) in [6, 6.07) is 5.12. The van der Waals surface area contributed by atoms with Gasteiger partial charge in [-0.15, -0.1) is 11.3 Å². The minimum atomic E-state index is -4.31. The number of thiazole rings is 1. The van der Waals surface area contributed by atoms with Gasteiger partial charge in [-0.05, 0) is 43.9 Å². The second-order valence-corrected chi connectivity index (χ2v) is 7.13. The summed E-state index contributed by atoms with van der Waals surface area (Å²) in [4.78, 5) is 4.48. The fourth-order valence-corrected chi connectivity index (χ4v) is 3.20. The van der Waals surface area contributed by atoms with Crippen LogP contribution >= 0.6 is 11.3 Å². The summed E-state index contributed by atoms with van der Waals surface area (Å²) in [7, 11) is 0. The van der Waals surface area contributed by atoms with Gasteiger partial charge in [-0.1, -0.05) is 12.1 Å². The van der Waals surface area contributed by atoms with Crippen molar-refractivity contribution in [2.45, 2.75) is 32.0 Å². The zero-order valence-corrected chi connectivity index (χ0v) is 14.6. The van der Waals surface area contributed by atoms with E-state index in [-0.39, 0.29) is 0 Å². The Balaban J connectivity index is 1.40. The van der Waals surface area contributed by atoms with Crippen LogP contribution in [0.1, 0.15) is 30.5 Å². The van der Waals surface area contributed by atoms with Crippen LogP contribution in [0.5, 0.6) is 0 Å². The van der Waals surface area contributed by atoms with Crippen LogP contribution in [0.15, 0.2) is 29.6 Å². The lowest BCUT2D eigenvalue weighted by atomic mass is 10.1. The van der Waals surface area contributed by atoms with Crippen LogP contribution in [0.2, 0.25) is 0 Å². The molecular formula is C18H21F3N2OS. The molecule has 2 aromatic rings. The van der Waals surface area contributed by atoms with Gasteiger partial charge in [0, 0.05) is 30.7 Å². The van der Waals surface area contributed by atoms with E-state index in [9.17, 15) is 13.2 Å². The first-order valence-electron chi connectivity index (χ1n) is 8.43. The Labute approximate surface area is 149 Å². The second-order valence-electron chi connectivity index (χ2n) is 6.27. The molecule has 1 fully saturated rings. The molecule has 1 aromatic carbocycles. The van der Waals surface area contributed by atoms with Crippen LogP contribution in [-0.2, 0) is 17.5 Å². The predicted molar refractivity (Wildman–Crippen MR) is 92.4 cm³/mol. The second kappa shape index (κ2) is 8.29. The van der Waals surface area contributed by atoms with Gasteiger partial charge in [0.1, 0.15) is 5.01 Å². The highest BCUT2D eigenvalue weighted by atomic mass is 32.1. The van der Waals surface area contributed by atoms with Gasteiger partial charge in [0.15, 0.2) is 0 Å². The lowest BCUT2D eigenvalue weighted by molar-refractivity contribution is -0.137. The molecule has 136 valence electrons. The number of hydrogen-bond donors (Lipinski definition) is 1. The molecule has 25 heavy (non-hydrogen) atoms. The highest BCUT2D eigenvalue weighted by Crippen LogP contribution is 2.31. The van der Waals surface area contributed by atoms with Crippen molar-refractivity contribution in [3.05, 3.63) is 40.9 Å². The quantitative estimate of drug-likeness (QED) is 0.648. The maximum Gasteiger partial charge on any atom is 0.416 e. The van der Waals surface area contributed by atoms with Crippen LogP contribution < -0.4 is 5.32 Å². The molecule has 1 heterocycles. The van der Waals surface area contributed by atoms with Gasteiger partial charge in [0.2, 0.25) is 0 Å². The van der Waals surface area contributed by atoms with Crippen molar-refractivity contribution < 1.29 is 17.9 Å². The third kappa shape index (κ3) is 5.80. The van der Waals surface area contributed by atoms with E-state index in [0.717, 1.165) is 54.9 Å². The topological polar surface area (TPSA) is 34.2 Å². The molecule has 1 N–H and O–H groups in total. The number of ether oxygens (including phenoxy) is 1. The SMILES string of the molecule is FC(F)(F)c1ccc(-c2nc(CNCCCOCC3CC3)cs2)cc1. The van der Waals surface area contributed by atoms with Crippen LogP contribution in [0.3, 0.4) is 0 Å². The third-order valence-corrected chi connectivity index (χ3v) is 4.95. The number of nitrogens with one attached hydrogen (secondary N) is 1. The van der Waals surface area contributed by atoms with Crippen molar-refractivity contribution >= 4 is 11.3 Å². The van der Waals surface area contributed by atoms with Crippen molar-refractivity contribution in [3.63, 3.8) is 0 Å². The van der Waals surface area contributed by atoms with Crippen molar-refractivity contribution in [1.82, 2.24) is 10.3 Å². The van der Waals surface area contributed by atoms with Crippen molar-refractivity contribution in [3.8, 4) is 10.6 Å². The van der Waals surface area contributed by atoms with Gasteiger partial charge in [-0.3, -0.25) is 0 Å². The molecule has 1 aromatic heterocycles. The number of aromatic nitrogens is 1. The molecule has 7 heteroatoms. The van der Waals surface area contributed by atoms with E-state index in [1.54, 1.807) is 0 Å². The fraction of sp³-hybridized carbons (Fsp3) is 0.500. The zero-order chi connectivity index (χ0) is 17.7. The highest BCUT2D eigenvalue weighted by Gasteiger charge is 2.30.